The lowest BCUT2D eigenvalue weighted by atomic mass is 9.93. The van der Waals surface area contributed by atoms with Crippen LogP contribution in [0.2, 0.25) is 0 Å². The van der Waals surface area contributed by atoms with Crippen LogP contribution >= 0.6 is 11.8 Å². The predicted molar refractivity (Wildman–Crippen MR) is 171 cm³/mol. The van der Waals surface area contributed by atoms with E-state index in [2.05, 4.69) is 5.32 Å². The standard InChI is InChI=1S/C35H34F2N2O4S/c1-22-6-4-5-7-30(22)32-18-24(8-13-31(32)34(41)38-33(35(42)43)14-15-44-3)20-39(21-25-16-27(36)19-28(37)17-25)29-11-9-26(10-12-29)23(2)40/h4-13,16-19,33H,14-15,20-21H2,1-3H3,(H,38,41)(H,42,43). The van der Waals surface area contributed by atoms with Crippen LogP contribution in [0.4, 0.5) is 14.5 Å². The Morgan fingerprint density at radius 2 is 1.52 bits per heavy atom. The van der Waals surface area contributed by atoms with Crippen LogP contribution in [-0.4, -0.2) is 40.8 Å². The Labute approximate surface area is 260 Å². The third-order valence-corrected chi connectivity index (χ3v) is 7.93. The SMILES string of the molecule is CSCCC(NC(=O)c1ccc(CN(Cc2cc(F)cc(F)c2)c2ccc(C(C)=O)cc2)cc1-c1ccccc1C)C(=O)O. The number of anilines is 1. The Morgan fingerprint density at radius 1 is 0.864 bits per heavy atom. The molecule has 2 N–H and O–H groups in total. The normalized spacial score (nSPS) is 11.6. The summed E-state index contributed by atoms with van der Waals surface area (Å²) >= 11 is 1.50. The topological polar surface area (TPSA) is 86.7 Å². The first-order valence-electron chi connectivity index (χ1n) is 14.1. The van der Waals surface area contributed by atoms with E-state index in [4.69, 9.17) is 0 Å². The van der Waals surface area contributed by atoms with Crippen molar-refractivity contribution in [2.24, 2.45) is 0 Å². The molecule has 228 valence electrons. The summed E-state index contributed by atoms with van der Waals surface area (Å²) < 4.78 is 28.2. The Morgan fingerprint density at radius 3 is 2.14 bits per heavy atom. The summed E-state index contributed by atoms with van der Waals surface area (Å²) in [7, 11) is 0. The van der Waals surface area contributed by atoms with Crippen molar-refractivity contribution in [3.8, 4) is 11.1 Å². The number of nitrogens with zero attached hydrogens (tertiary/aromatic N) is 1. The van der Waals surface area contributed by atoms with E-state index in [1.54, 1.807) is 36.4 Å². The van der Waals surface area contributed by atoms with Crippen molar-refractivity contribution in [1.29, 1.82) is 0 Å². The van der Waals surface area contributed by atoms with Crippen LogP contribution in [0.15, 0.2) is 84.9 Å². The number of thioether (sulfide) groups is 1. The van der Waals surface area contributed by atoms with Gasteiger partial charge in [0.2, 0.25) is 0 Å². The van der Waals surface area contributed by atoms with E-state index in [0.29, 0.717) is 34.6 Å². The number of Topliss-reactive ketones (excluding diaryl/α,β-unsaturated/α-hetero) is 1. The molecule has 0 saturated carbocycles. The molecular formula is C35H34F2N2O4S. The minimum Gasteiger partial charge on any atom is -0.480 e. The highest BCUT2D eigenvalue weighted by molar-refractivity contribution is 7.98. The average Bonchev–Trinajstić information content (AvgIpc) is 2.98. The highest BCUT2D eigenvalue weighted by Gasteiger charge is 2.23. The quantitative estimate of drug-likeness (QED) is 0.154. The van der Waals surface area contributed by atoms with Crippen molar-refractivity contribution in [2.75, 3.05) is 16.9 Å². The van der Waals surface area contributed by atoms with Crippen molar-refractivity contribution < 1.29 is 28.3 Å². The van der Waals surface area contributed by atoms with Crippen LogP contribution in [0.3, 0.4) is 0 Å². The largest absolute Gasteiger partial charge is 0.480 e. The molecule has 44 heavy (non-hydrogen) atoms. The number of carbonyl (C=O) groups is 3. The van der Waals surface area contributed by atoms with Gasteiger partial charge in [0.25, 0.3) is 5.91 Å². The maximum absolute atomic E-state index is 14.1. The number of carbonyl (C=O) groups excluding carboxylic acids is 2. The number of aliphatic carboxylic acids is 1. The lowest BCUT2D eigenvalue weighted by Crippen LogP contribution is -2.41. The molecule has 0 bridgehead atoms. The van der Waals surface area contributed by atoms with Crippen LogP contribution in [0.25, 0.3) is 11.1 Å². The van der Waals surface area contributed by atoms with Gasteiger partial charge in [0.1, 0.15) is 17.7 Å². The van der Waals surface area contributed by atoms with E-state index in [0.717, 1.165) is 28.4 Å². The van der Waals surface area contributed by atoms with Gasteiger partial charge in [-0.3, -0.25) is 9.59 Å². The van der Waals surface area contributed by atoms with Gasteiger partial charge in [-0.1, -0.05) is 30.3 Å². The molecule has 0 aliphatic heterocycles. The predicted octanol–water partition coefficient (Wildman–Crippen LogP) is 7.29. The molecule has 0 saturated heterocycles. The number of carboxylic acids is 1. The number of nitrogens with one attached hydrogen (secondary N) is 1. The summed E-state index contributed by atoms with van der Waals surface area (Å²) in [6.07, 6.45) is 2.17. The van der Waals surface area contributed by atoms with E-state index >= 15 is 0 Å². The van der Waals surface area contributed by atoms with Crippen molar-refractivity contribution in [3.05, 3.63) is 124 Å². The number of hydrogen-bond acceptors (Lipinski definition) is 5. The summed E-state index contributed by atoms with van der Waals surface area (Å²) in [4.78, 5) is 39.1. The molecule has 1 atom stereocenters. The molecule has 0 heterocycles. The van der Waals surface area contributed by atoms with Crippen molar-refractivity contribution >= 4 is 35.1 Å². The number of carboxylic acid groups (broad SMARTS) is 1. The van der Waals surface area contributed by atoms with Gasteiger partial charge < -0.3 is 15.3 Å². The van der Waals surface area contributed by atoms with Crippen molar-refractivity contribution in [1.82, 2.24) is 5.32 Å². The van der Waals surface area contributed by atoms with Gasteiger partial charge >= 0.3 is 5.97 Å². The van der Waals surface area contributed by atoms with Gasteiger partial charge in [-0.2, -0.15) is 11.8 Å². The van der Waals surface area contributed by atoms with Gasteiger partial charge in [-0.05, 0) is 109 Å². The molecule has 6 nitrogen and oxygen atoms in total. The molecule has 0 radical (unpaired) electrons. The fraction of sp³-hybridized carbons (Fsp3) is 0.229. The number of benzene rings is 4. The molecule has 4 aromatic rings. The Bertz CT molecular complexity index is 1640. The number of amides is 1. The van der Waals surface area contributed by atoms with Gasteiger partial charge in [0.15, 0.2) is 5.78 Å². The smallest absolute Gasteiger partial charge is 0.326 e. The van der Waals surface area contributed by atoms with E-state index in [1.165, 1.54) is 30.8 Å². The Hall–Kier alpha value is -4.50. The maximum atomic E-state index is 14.1. The first kappa shape index (κ1) is 32.4. The molecular weight excluding hydrogens is 582 g/mol. The summed E-state index contributed by atoms with van der Waals surface area (Å²) in [6.45, 7) is 3.90. The molecule has 4 aromatic carbocycles. The van der Waals surface area contributed by atoms with Crippen molar-refractivity contribution in [2.45, 2.75) is 39.4 Å². The second-order valence-corrected chi connectivity index (χ2v) is 11.6. The summed E-state index contributed by atoms with van der Waals surface area (Å²) in [5.74, 6) is -2.44. The molecule has 0 aliphatic carbocycles. The molecule has 0 spiro atoms. The zero-order chi connectivity index (χ0) is 31.8. The third-order valence-electron chi connectivity index (χ3n) is 7.29. The van der Waals surface area contributed by atoms with Gasteiger partial charge in [-0.15, -0.1) is 0 Å². The van der Waals surface area contributed by atoms with Gasteiger partial charge in [0, 0.05) is 36.0 Å². The second kappa shape index (κ2) is 14.8. The summed E-state index contributed by atoms with van der Waals surface area (Å²) in [5, 5.41) is 12.4. The zero-order valence-corrected chi connectivity index (χ0v) is 25.6. The third kappa shape index (κ3) is 8.32. The van der Waals surface area contributed by atoms with E-state index < -0.39 is 29.6 Å². The maximum Gasteiger partial charge on any atom is 0.326 e. The fourth-order valence-electron chi connectivity index (χ4n) is 5.00. The molecule has 0 fully saturated rings. The molecule has 1 unspecified atom stereocenters. The Balaban J connectivity index is 1.74. The zero-order valence-electron chi connectivity index (χ0n) is 24.8. The lowest BCUT2D eigenvalue weighted by Gasteiger charge is -2.26. The minimum atomic E-state index is -1.10. The summed E-state index contributed by atoms with van der Waals surface area (Å²) in [6, 6.07) is 22.3. The second-order valence-electron chi connectivity index (χ2n) is 10.6. The highest BCUT2D eigenvalue weighted by Crippen LogP contribution is 2.30. The van der Waals surface area contributed by atoms with Gasteiger partial charge in [-0.25, -0.2) is 13.6 Å². The molecule has 0 aliphatic rings. The number of aryl methyl sites for hydroxylation is 1. The summed E-state index contributed by atoms with van der Waals surface area (Å²) in [5.41, 5.74) is 5.24. The minimum absolute atomic E-state index is 0.0781. The van der Waals surface area contributed by atoms with E-state index in [9.17, 15) is 28.3 Å². The first-order chi connectivity index (χ1) is 21.0. The number of rotatable bonds is 13. The molecule has 0 aromatic heterocycles. The lowest BCUT2D eigenvalue weighted by molar-refractivity contribution is -0.139. The van der Waals surface area contributed by atoms with Gasteiger partial charge in [0.05, 0.1) is 0 Å². The number of hydrogen-bond donors (Lipinski definition) is 2. The van der Waals surface area contributed by atoms with Crippen molar-refractivity contribution in [3.63, 3.8) is 0 Å². The molecule has 9 heteroatoms. The van der Waals surface area contributed by atoms with Crippen LogP contribution in [0, 0.1) is 18.6 Å². The monoisotopic (exact) mass is 616 g/mol. The van der Waals surface area contributed by atoms with Crippen LogP contribution in [0.5, 0.6) is 0 Å². The number of ketones is 1. The molecule has 4 rings (SSSR count). The van der Waals surface area contributed by atoms with Crippen LogP contribution < -0.4 is 10.2 Å². The highest BCUT2D eigenvalue weighted by atomic mass is 32.2. The number of halogens is 2. The average molecular weight is 617 g/mol. The first-order valence-corrected chi connectivity index (χ1v) is 15.5. The van der Waals surface area contributed by atoms with E-state index in [-0.39, 0.29) is 18.7 Å². The fourth-order valence-corrected chi connectivity index (χ4v) is 5.47. The van der Waals surface area contributed by atoms with Crippen LogP contribution in [-0.2, 0) is 17.9 Å². The van der Waals surface area contributed by atoms with Crippen LogP contribution in [0.1, 0.15) is 50.8 Å². The van der Waals surface area contributed by atoms with E-state index in [1.807, 2.05) is 48.4 Å². The molecule has 1 amide bonds. The Kier molecular flexibility index (Phi) is 10.9.